The van der Waals surface area contributed by atoms with Crippen molar-refractivity contribution in [3.63, 3.8) is 0 Å². The van der Waals surface area contributed by atoms with Crippen LogP contribution < -0.4 is 9.64 Å². The second kappa shape index (κ2) is 8.07. The number of ketones is 1. The van der Waals surface area contributed by atoms with Crippen molar-refractivity contribution >= 4 is 17.4 Å². The number of Topliss-reactive ketones (excluding diaryl/α,β-unsaturated/α-hetero) is 1. The third-order valence-electron chi connectivity index (χ3n) is 3.50. The largest absolute Gasteiger partial charge is 0.478 e. The molecule has 27 heavy (non-hydrogen) atoms. The summed E-state index contributed by atoms with van der Waals surface area (Å²) >= 11 is 0. The average Bonchev–Trinajstić information content (AvgIpc) is 2.57. The number of anilines is 1. The van der Waals surface area contributed by atoms with Crippen molar-refractivity contribution in [1.29, 1.82) is 0 Å². The Morgan fingerprint density at radius 2 is 1.85 bits per heavy atom. The minimum atomic E-state index is -4.82. The van der Waals surface area contributed by atoms with E-state index in [4.69, 9.17) is 9.84 Å². The predicted molar refractivity (Wildman–Crippen MR) is 88.3 cm³/mol. The number of halogens is 4. The third kappa shape index (κ3) is 5.44. The lowest BCUT2D eigenvalue weighted by Gasteiger charge is -2.24. The standard InChI is InChI=1S/C18H15F4NO4/c1-11(24)9-23(13-4-2-3-12(7-13)17(25)26)10-27-14-5-6-15(16(19)8-14)18(20,21)22/h2-8H,9-10H2,1H3,(H,25,26). The van der Waals surface area contributed by atoms with Gasteiger partial charge in [-0.2, -0.15) is 13.2 Å². The van der Waals surface area contributed by atoms with Gasteiger partial charge < -0.3 is 14.7 Å². The monoisotopic (exact) mass is 385 g/mol. The SMILES string of the molecule is CC(=O)CN(COc1ccc(C(F)(F)F)c(F)c1)c1cccc(C(=O)O)c1. The lowest BCUT2D eigenvalue weighted by molar-refractivity contribution is -0.140. The summed E-state index contributed by atoms with van der Waals surface area (Å²) in [4.78, 5) is 23.9. The van der Waals surface area contributed by atoms with E-state index >= 15 is 0 Å². The van der Waals surface area contributed by atoms with Gasteiger partial charge >= 0.3 is 12.1 Å². The van der Waals surface area contributed by atoms with Crippen LogP contribution in [-0.4, -0.2) is 30.1 Å². The first kappa shape index (κ1) is 20.2. The fourth-order valence-corrected chi connectivity index (χ4v) is 2.28. The van der Waals surface area contributed by atoms with E-state index in [9.17, 15) is 27.2 Å². The number of alkyl halides is 3. The van der Waals surface area contributed by atoms with Crippen LogP contribution in [0.2, 0.25) is 0 Å². The maximum Gasteiger partial charge on any atom is 0.419 e. The lowest BCUT2D eigenvalue weighted by atomic mass is 10.2. The van der Waals surface area contributed by atoms with E-state index in [2.05, 4.69) is 0 Å². The maximum absolute atomic E-state index is 13.6. The summed E-state index contributed by atoms with van der Waals surface area (Å²) < 4.78 is 56.7. The lowest BCUT2D eigenvalue weighted by Crippen LogP contribution is -2.32. The number of nitrogens with zero attached hydrogens (tertiary/aromatic N) is 1. The molecule has 1 N–H and O–H groups in total. The molecule has 0 aliphatic heterocycles. The van der Waals surface area contributed by atoms with Crippen molar-refractivity contribution in [1.82, 2.24) is 0 Å². The van der Waals surface area contributed by atoms with Gasteiger partial charge in [-0.15, -0.1) is 0 Å². The van der Waals surface area contributed by atoms with Crippen LogP contribution in [0.3, 0.4) is 0 Å². The highest BCUT2D eigenvalue weighted by Gasteiger charge is 2.34. The molecule has 0 aliphatic rings. The van der Waals surface area contributed by atoms with E-state index in [1.54, 1.807) is 6.07 Å². The molecule has 0 spiro atoms. The zero-order chi connectivity index (χ0) is 20.2. The molecular formula is C18H15F4NO4. The van der Waals surface area contributed by atoms with Crippen LogP contribution in [0.4, 0.5) is 23.2 Å². The number of carbonyl (C=O) groups is 2. The van der Waals surface area contributed by atoms with E-state index in [1.807, 2.05) is 0 Å². The molecule has 0 bridgehead atoms. The first-order valence-electron chi connectivity index (χ1n) is 7.65. The number of benzene rings is 2. The summed E-state index contributed by atoms with van der Waals surface area (Å²) in [6.07, 6.45) is -4.82. The Morgan fingerprint density at radius 3 is 2.41 bits per heavy atom. The molecule has 0 unspecified atom stereocenters. The van der Waals surface area contributed by atoms with Gasteiger partial charge in [-0.3, -0.25) is 4.79 Å². The number of carboxylic acid groups (broad SMARTS) is 1. The van der Waals surface area contributed by atoms with Crippen LogP contribution >= 0.6 is 0 Å². The Balaban J connectivity index is 2.20. The number of ether oxygens (including phenoxy) is 1. The van der Waals surface area contributed by atoms with Gasteiger partial charge in [0.1, 0.15) is 17.3 Å². The smallest absolute Gasteiger partial charge is 0.419 e. The Morgan fingerprint density at radius 1 is 1.15 bits per heavy atom. The van der Waals surface area contributed by atoms with Crippen molar-refractivity contribution in [2.45, 2.75) is 13.1 Å². The molecule has 2 aromatic rings. The zero-order valence-corrected chi connectivity index (χ0v) is 14.1. The highest BCUT2D eigenvalue weighted by molar-refractivity contribution is 5.89. The van der Waals surface area contributed by atoms with Crippen LogP contribution in [0, 0.1) is 5.82 Å². The molecule has 144 valence electrons. The molecule has 9 heteroatoms. The number of aromatic carboxylic acids is 1. The van der Waals surface area contributed by atoms with E-state index < -0.39 is 23.5 Å². The first-order chi connectivity index (χ1) is 12.6. The second-order valence-corrected chi connectivity index (χ2v) is 5.67. The topological polar surface area (TPSA) is 66.8 Å². The van der Waals surface area contributed by atoms with Gasteiger partial charge in [0.25, 0.3) is 0 Å². The van der Waals surface area contributed by atoms with Crippen molar-refractivity contribution < 1.29 is 37.0 Å². The Kier molecular flexibility index (Phi) is 6.04. The molecule has 0 fully saturated rings. The number of hydrogen-bond acceptors (Lipinski definition) is 4. The van der Waals surface area contributed by atoms with Gasteiger partial charge in [-0.05, 0) is 37.3 Å². The van der Waals surface area contributed by atoms with Gasteiger partial charge in [-0.25, -0.2) is 9.18 Å². The number of rotatable bonds is 7. The molecular weight excluding hydrogens is 370 g/mol. The van der Waals surface area contributed by atoms with Gasteiger partial charge in [-0.1, -0.05) is 6.07 Å². The molecule has 2 aromatic carbocycles. The average molecular weight is 385 g/mol. The highest BCUT2D eigenvalue weighted by Crippen LogP contribution is 2.33. The summed E-state index contributed by atoms with van der Waals surface area (Å²) in [5.41, 5.74) is -1.07. The Labute approximate surface area is 151 Å². The molecule has 0 aromatic heterocycles. The summed E-state index contributed by atoms with van der Waals surface area (Å²) in [6, 6.07) is 7.83. The van der Waals surface area contributed by atoms with E-state index in [-0.39, 0.29) is 30.4 Å². The molecule has 2 rings (SSSR count). The molecule has 0 saturated heterocycles. The van der Waals surface area contributed by atoms with Gasteiger partial charge in [0.2, 0.25) is 0 Å². The normalized spacial score (nSPS) is 11.1. The van der Waals surface area contributed by atoms with Gasteiger partial charge in [0.05, 0.1) is 17.7 Å². The van der Waals surface area contributed by atoms with Crippen LogP contribution in [0.15, 0.2) is 42.5 Å². The summed E-state index contributed by atoms with van der Waals surface area (Å²) in [5.74, 6) is -3.06. The number of carboxylic acids is 1. The van der Waals surface area contributed by atoms with Gasteiger partial charge in [0, 0.05) is 11.8 Å². The molecule has 0 heterocycles. The maximum atomic E-state index is 13.6. The summed E-state index contributed by atoms with van der Waals surface area (Å²) in [5, 5.41) is 9.05. The van der Waals surface area contributed by atoms with Crippen LogP contribution in [0.1, 0.15) is 22.8 Å². The van der Waals surface area contributed by atoms with Crippen molar-refractivity contribution in [3.8, 4) is 5.75 Å². The fourth-order valence-electron chi connectivity index (χ4n) is 2.28. The number of carbonyl (C=O) groups excluding carboxylic acids is 1. The minimum Gasteiger partial charge on any atom is -0.478 e. The van der Waals surface area contributed by atoms with Crippen molar-refractivity contribution in [2.24, 2.45) is 0 Å². The number of hydrogen-bond donors (Lipinski definition) is 1. The summed E-state index contributed by atoms with van der Waals surface area (Å²) in [7, 11) is 0. The van der Waals surface area contributed by atoms with Crippen molar-refractivity contribution in [2.75, 3.05) is 18.2 Å². The van der Waals surface area contributed by atoms with Crippen molar-refractivity contribution in [3.05, 3.63) is 59.4 Å². The molecule has 0 aliphatic carbocycles. The fraction of sp³-hybridized carbons (Fsp3) is 0.222. The molecule has 0 atom stereocenters. The molecule has 0 amide bonds. The van der Waals surface area contributed by atoms with E-state index in [0.29, 0.717) is 17.8 Å². The quantitative estimate of drug-likeness (QED) is 0.577. The van der Waals surface area contributed by atoms with Gasteiger partial charge in [0.15, 0.2) is 6.73 Å². The summed E-state index contributed by atoms with van der Waals surface area (Å²) in [6.45, 7) is 0.880. The Hall–Kier alpha value is -3.10. The minimum absolute atomic E-state index is 0.0124. The van der Waals surface area contributed by atoms with E-state index in [1.165, 1.54) is 30.0 Å². The van der Waals surface area contributed by atoms with Crippen LogP contribution in [0.5, 0.6) is 5.75 Å². The molecule has 0 saturated carbocycles. The first-order valence-corrected chi connectivity index (χ1v) is 7.65. The van der Waals surface area contributed by atoms with Crippen LogP contribution in [-0.2, 0) is 11.0 Å². The van der Waals surface area contributed by atoms with Crippen LogP contribution in [0.25, 0.3) is 0 Å². The highest BCUT2D eigenvalue weighted by atomic mass is 19.4. The van der Waals surface area contributed by atoms with E-state index in [0.717, 1.165) is 6.07 Å². The Bertz CT molecular complexity index is 851. The predicted octanol–water partition coefficient (Wildman–Crippen LogP) is 3.97. The third-order valence-corrected chi connectivity index (χ3v) is 3.50. The second-order valence-electron chi connectivity index (χ2n) is 5.67. The molecule has 0 radical (unpaired) electrons. The molecule has 5 nitrogen and oxygen atoms in total. The zero-order valence-electron chi connectivity index (χ0n) is 14.1.